The van der Waals surface area contributed by atoms with Crippen LogP contribution in [0.2, 0.25) is 0 Å². The molecule has 1 saturated heterocycles. The Morgan fingerprint density at radius 1 is 1.31 bits per heavy atom. The number of hydrogen-bond acceptors (Lipinski definition) is 4. The van der Waals surface area contributed by atoms with Gasteiger partial charge in [-0.3, -0.25) is 4.79 Å². The number of unbranched alkanes of at least 4 members (excludes halogenated alkanes) is 2. The van der Waals surface area contributed by atoms with E-state index >= 15 is 0 Å². The van der Waals surface area contributed by atoms with E-state index in [2.05, 4.69) is 31.2 Å². The maximum atomic E-state index is 12.5. The van der Waals surface area contributed by atoms with E-state index in [1.807, 2.05) is 25.1 Å². The first-order valence-electron chi connectivity index (χ1n) is 9.73. The fourth-order valence-corrected chi connectivity index (χ4v) is 3.69. The number of imidazole rings is 1. The second-order valence-corrected chi connectivity index (χ2v) is 7.27. The average Bonchev–Trinajstić information content (AvgIpc) is 3.22. The van der Waals surface area contributed by atoms with Gasteiger partial charge in [0.15, 0.2) is 5.82 Å². The van der Waals surface area contributed by atoms with Crippen molar-refractivity contribution in [3.63, 3.8) is 0 Å². The zero-order chi connectivity index (χ0) is 18.5. The molecule has 0 spiro atoms. The summed E-state index contributed by atoms with van der Waals surface area (Å²) in [5, 5.41) is 8.86. The fourth-order valence-electron chi connectivity index (χ4n) is 3.69. The first-order valence-corrected chi connectivity index (χ1v) is 9.73. The number of rotatable bonds is 7. The predicted molar refractivity (Wildman–Crippen MR) is 99.8 cm³/mol. The molecule has 0 aromatic carbocycles. The van der Waals surface area contributed by atoms with Crippen molar-refractivity contribution in [3.8, 4) is 0 Å². The van der Waals surface area contributed by atoms with Gasteiger partial charge in [0.25, 0.3) is 0 Å². The lowest BCUT2D eigenvalue weighted by Crippen LogP contribution is -2.39. The van der Waals surface area contributed by atoms with Crippen LogP contribution in [-0.4, -0.2) is 48.2 Å². The van der Waals surface area contributed by atoms with Gasteiger partial charge in [-0.25, -0.2) is 4.98 Å². The van der Waals surface area contributed by atoms with E-state index in [4.69, 9.17) is 0 Å². The predicted octanol–water partition coefficient (Wildman–Crippen LogP) is 2.65. The molecule has 0 aliphatic carbocycles. The van der Waals surface area contributed by atoms with Crippen LogP contribution < -0.4 is 0 Å². The Balaban J connectivity index is 1.65. The lowest BCUT2D eigenvalue weighted by atomic mass is 9.96. The van der Waals surface area contributed by atoms with Crippen molar-refractivity contribution in [1.82, 2.24) is 29.2 Å². The van der Waals surface area contributed by atoms with Crippen LogP contribution >= 0.6 is 0 Å². The summed E-state index contributed by atoms with van der Waals surface area (Å²) >= 11 is 0. The molecule has 1 amide bonds. The van der Waals surface area contributed by atoms with Gasteiger partial charge in [-0.15, -0.1) is 10.2 Å². The summed E-state index contributed by atoms with van der Waals surface area (Å²) in [6, 6.07) is 0. The van der Waals surface area contributed by atoms with Crippen LogP contribution in [0.25, 0.3) is 0 Å². The van der Waals surface area contributed by atoms with Crippen molar-refractivity contribution in [2.45, 2.75) is 64.8 Å². The van der Waals surface area contributed by atoms with Crippen LogP contribution in [0, 0.1) is 6.92 Å². The van der Waals surface area contributed by atoms with Crippen LogP contribution in [0.1, 0.15) is 68.8 Å². The number of carbonyl (C=O) groups excluding carboxylic acids is 1. The molecule has 1 fully saturated rings. The summed E-state index contributed by atoms with van der Waals surface area (Å²) < 4.78 is 4.16. The monoisotopic (exact) mass is 358 g/mol. The smallest absolute Gasteiger partial charge is 0.222 e. The van der Waals surface area contributed by atoms with Gasteiger partial charge in [-0.05, 0) is 26.2 Å². The topological polar surface area (TPSA) is 68.8 Å². The Hall–Kier alpha value is -2.18. The molecule has 3 heterocycles. The molecule has 1 atom stereocenters. The molecular formula is C19H30N6O. The van der Waals surface area contributed by atoms with Gasteiger partial charge in [0.2, 0.25) is 5.91 Å². The third-order valence-corrected chi connectivity index (χ3v) is 5.37. The van der Waals surface area contributed by atoms with E-state index in [0.717, 1.165) is 62.7 Å². The quantitative estimate of drug-likeness (QED) is 0.714. The molecule has 2 aromatic rings. The summed E-state index contributed by atoms with van der Waals surface area (Å²) in [7, 11) is 2.03. The van der Waals surface area contributed by atoms with E-state index in [0.29, 0.717) is 18.9 Å². The molecule has 26 heavy (non-hydrogen) atoms. The minimum Gasteiger partial charge on any atom is -0.342 e. The Bertz CT molecular complexity index is 734. The van der Waals surface area contributed by atoms with E-state index in [1.165, 1.54) is 0 Å². The lowest BCUT2D eigenvalue weighted by molar-refractivity contribution is -0.132. The molecule has 1 aliphatic rings. The van der Waals surface area contributed by atoms with Crippen LogP contribution in [0.15, 0.2) is 12.4 Å². The first-order chi connectivity index (χ1) is 12.6. The normalized spacial score (nSPS) is 17.7. The summed E-state index contributed by atoms with van der Waals surface area (Å²) in [5.41, 5.74) is 0. The van der Waals surface area contributed by atoms with Crippen molar-refractivity contribution in [3.05, 3.63) is 29.9 Å². The molecule has 2 aromatic heterocycles. The maximum Gasteiger partial charge on any atom is 0.222 e. The van der Waals surface area contributed by atoms with Gasteiger partial charge < -0.3 is 14.0 Å². The van der Waals surface area contributed by atoms with Gasteiger partial charge in [-0.2, -0.15) is 0 Å². The highest BCUT2D eigenvalue weighted by molar-refractivity contribution is 5.76. The van der Waals surface area contributed by atoms with Crippen molar-refractivity contribution in [1.29, 1.82) is 0 Å². The average molecular weight is 358 g/mol. The number of carbonyl (C=O) groups is 1. The fraction of sp³-hybridized carbons (Fsp3) is 0.684. The van der Waals surface area contributed by atoms with Crippen molar-refractivity contribution in [2.75, 3.05) is 13.1 Å². The number of amides is 1. The Labute approximate surface area is 155 Å². The highest BCUT2D eigenvalue weighted by atomic mass is 16.2. The lowest BCUT2D eigenvalue weighted by Gasteiger charge is -2.32. The summed E-state index contributed by atoms with van der Waals surface area (Å²) in [6.45, 7) is 6.46. The number of piperidine rings is 1. The van der Waals surface area contributed by atoms with Crippen molar-refractivity contribution >= 4 is 5.91 Å². The zero-order valence-electron chi connectivity index (χ0n) is 16.2. The van der Waals surface area contributed by atoms with Crippen LogP contribution in [-0.2, 0) is 18.4 Å². The Kier molecular flexibility index (Phi) is 6.06. The largest absolute Gasteiger partial charge is 0.342 e. The Morgan fingerprint density at radius 3 is 2.88 bits per heavy atom. The van der Waals surface area contributed by atoms with Crippen molar-refractivity contribution in [2.24, 2.45) is 7.05 Å². The van der Waals surface area contributed by atoms with Crippen molar-refractivity contribution < 1.29 is 4.79 Å². The second-order valence-electron chi connectivity index (χ2n) is 7.27. The maximum absolute atomic E-state index is 12.5. The van der Waals surface area contributed by atoms with E-state index in [-0.39, 0.29) is 5.92 Å². The third kappa shape index (κ3) is 4.14. The highest BCUT2D eigenvalue weighted by Crippen LogP contribution is 2.26. The van der Waals surface area contributed by atoms with Gasteiger partial charge in [0.1, 0.15) is 11.6 Å². The molecule has 7 nitrogen and oxygen atoms in total. The van der Waals surface area contributed by atoms with Crippen LogP contribution in [0.5, 0.6) is 0 Å². The highest BCUT2D eigenvalue weighted by Gasteiger charge is 2.28. The zero-order valence-corrected chi connectivity index (χ0v) is 16.2. The molecule has 0 bridgehead atoms. The SMILES string of the molecule is CCCCCC(=O)N1CCC[C@@H](c2nnc(Cn3ccnc3C)n2C)C1. The molecule has 7 heteroatoms. The summed E-state index contributed by atoms with van der Waals surface area (Å²) in [5.74, 6) is 3.45. The van der Waals surface area contributed by atoms with E-state index < -0.39 is 0 Å². The number of likely N-dealkylation sites (tertiary alicyclic amines) is 1. The molecule has 3 rings (SSSR count). The molecule has 0 saturated carbocycles. The standard InChI is InChI=1S/C19H30N6O/c1-4-5-6-9-18(26)25-11-7-8-16(13-25)19-22-21-17(23(19)3)14-24-12-10-20-15(24)2/h10,12,16H,4-9,11,13-14H2,1-3H3/t16-/m1/s1. The number of hydrogen-bond donors (Lipinski definition) is 0. The number of aromatic nitrogens is 5. The Morgan fingerprint density at radius 2 is 2.15 bits per heavy atom. The molecule has 1 aliphatic heterocycles. The third-order valence-electron chi connectivity index (χ3n) is 5.37. The van der Waals surface area contributed by atoms with Gasteiger partial charge in [0, 0.05) is 44.9 Å². The van der Waals surface area contributed by atoms with E-state index in [1.54, 1.807) is 6.20 Å². The number of nitrogens with zero attached hydrogens (tertiary/aromatic N) is 6. The first kappa shape index (κ1) is 18.6. The van der Waals surface area contributed by atoms with Crippen LogP contribution in [0.4, 0.5) is 0 Å². The molecular weight excluding hydrogens is 328 g/mol. The van der Waals surface area contributed by atoms with Crippen LogP contribution in [0.3, 0.4) is 0 Å². The van der Waals surface area contributed by atoms with Gasteiger partial charge in [-0.1, -0.05) is 19.8 Å². The summed E-state index contributed by atoms with van der Waals surface area (Å²) in [4.78, 5) is 18.7. The molecule has 142 valence electrons. The number of aryl methyl sites for hydroxylation is 1. The van der Waals surface area contributed by atoms with E-state index in [9.17, 15) is 4.79 Å². The molecule has 0 N–H and O–H groups in total. The second kappa shape index (κ2) is 8.47. The molecule has 0 radical (unpaired) electrons. The minimum absolute atomic E-state index is 0.272. The van der Waals surface area contributed by atoms with Gasteiger partial charge >= 0.3 is 0 Å². The minimum atomic E-state index is 0.272. The van der Waals surface area contributed by atoms with Gasteiger partial charge in [0.05, 0.1) is 6.54 Å². The molecule has 0 unspecified atom stereocenters. The summed E-state index contributed by atoms with van der Waals surface area (Å²) in [6.07, 6.45) is 9.80.